The Morgan fingerprint density at radius 3 is 2.67 bits per heavy atom. The molecule has 0 aliphatic rings. The maximum absolute atomic E-state index is 13.1. The highest BCUT2D eigenvalue weighted by Crippen LogP contribution is 2.19. The molecule has 170 valence electrons. The molecule has 0 radical (unpaired) electrons. The molecule has 7 nitrogen and oxygen atoms in total. The van der Waals surface area contributed by atoms with E-state index in [4.69, 9.17) is 9.41 Å². The van der Waals surface area contributed by atoms with E-state index in [1.54, 1.807) is 18.4 Å². The van der Waals surface area contributed by atoms with Crippen LogP contribution in [0.25, 0.3) is 22.7 Å². The monoisotopic (exact) mass is 446 g/mol. The fourth-order valence-electron chi connectivity index (χ4n) is 3.40. The minimum absolute atomic E-state index is 0.286. The lowest BCUT2D eigenvalue weighted by atomic mass is 10.2. The highest BCUT2D eigenvalue weighted by atomic mass is 19.1. The van der Waals surface area contributed by atoms with Crippen molar-refractivity contribution in [2.24, 2.45) is 4.99 Å². The summed E-state index contributed by atoms with van der Waals surface area (Å²) in [6.07, 6.45) is 4.11. The molecule has 4 rings (SSSR count). The van der Waals surface area contributed by atoms with Crippen molar-refractivity contribution < 1.29 is 8.81 Å². The van der Waals surface area contributed by atoms with Gasteiger partial charge in [0.2, 0.25) is 5.89 Å². The normalized spacial score (nSPS) is 11.5. The van der Waals surface area contributed by atoms with Crippen LogP contribution >= 0.6 is 0 Å². The molecule has 0 unspecified atom stereocenters. The van der Waals surface area contributed by atoms with Crippen molar-refractivity contribution in [3.05, 3.63) is 84.4 Å². The number of hydrogen-bond donors (Lipinski definition) is 2. The Balaban J connectivity index is 1.36. The number of aromatic amines is 1. The third-order valence-electron chi connectivity index (χ3n) is 5.07. The summed E-state index contributed by atoms with van der Waals surface area (Å²) in [5.41, 5.74) is 3.64. The zero-order valence-corrected chi connectivity index (χ0v) is 18.8. The molecule has 33 heavy (non-hydrogen) atoms. The second-order valence-corrected chi connectivity index (χ2v) is 7.60. The van der Waals surface area contributed by atoms with Crippen molar-refractivity contribution in [1.82, 2.24) is 25.2 Å². The number of aromatic nitrogens is 3. The molecule has 4 aromatic rings. The minimum atomic E-state index is -0.286. The number of aliphatic imine (C=N–C) groups is 1. The van der Waals surface area contributed by atoms with Crippen LogP contribution in [0.4, 0.5) is 4.39 Å². The predicted octanol–water partition coefficient (Wildman–Crippen LogP) is 4.51. The number of hydrogen-bond acceptors (Lipinski definition) is 4. The lowest BCUT2D eigenvalue weighted by Crippen LogP contribution is -2.38. The van der Waals surface area contributed by atoms with E-state index in [0.717, 1.165) is 40.8 Å². The first-order valence-electron chi connectivity index (χ1n) is 10.9. The second-order valence-electron chi connectivity index (χ2n) is 7.60. The van der Waals surface area contributed by atoms with E-state index in [9.17, 15) is 4.39 Å². The van der Waals surface area contributed by atoms with Crippen molar-refractivity contribution in [3.8, 4) is 22.7 Å². The highest BCUT2D eigenvalue weighted by molar-refractivity contribution is 5.79. The number of nitrogens with zero attached hydrogens (tertiary/aromatic N) is 4. The molecule has 2 aromatic carbocycles. The van der Waals surface area contributed by atoms with Gasteiger partial charge in [-0.25, -0.2) is 14.4 Å². The van der Waals surface area contributed by atoms with Crippen LogP contribution in [-0.4, -0.2) is 45.9 Å². The summed E-state index contributed by atoms with van der Waals surface area (Å²) in [6, 6.07) is 16.2. The van der Waals surface area contributed by atoms with Gasteiger partial charge in [-0.15, -0.1) is 0 Å². The summed E-state index contributed by atoms with van der Waals surface area (Å²) in [5, 5.41) is 3.32. The summed E-state index contributed by atoms with van der Waals surface area (Å²) < 4.78 is 18.7. The molecule has 0 fully saturated rings. The van der Waals surface area contributed by atoms with Gasteiger partial charge in [-0.2, -0.15) is 0 Å². The lowest BCUT2D eigenvalue weighted by molar-refractivity contribution is 0.464. The maximum atomic E-state index is 13.1. The Morgan fingerprint density at radius 1 is 1.12 bits per heavy atom. The summed E-state index contributed by atoms with van der Waals surface area (Å²) in [4.78, 5) is 19.1. The Hall–Kier alpha value is -3.94. The average Bonchev–Trinajstić information content (AvgIpc) is 3.49. The largest absolute Gasteiger partial charge is 0.444 e. The van der Waals surface area contributed by atoms with Crippen molar-refractivity contribution in [2.45, 2.75) is 19.9 Å². The third-order valence-corrected chi connectivity index (χ3v) is 5.07. The van der Waals surface area contributed by atoms with E-state index >= 15 is 0 Å². The zero-order chi connectivity index (χ0) is 23.0. The molecule has 0 aliphatic carbocycles. The van der Waals surface area contributed by atoms with Gasteiger partial charge in [-0.05, 0) is 36.8 Å². The van der Waals surface area contributed by atoms with Crippen LogP contribution in [0.2, 0.25) is 0 Å². The first kappa shape index (κ1) is 22.3. The number of benzene rings is 2. The number of H-pyrrole nitrogens is 1. The van der Waals surface area contributed by atoms with Gasteiger partial charge in [-0.3, -0.25) is 4.99 Å². The molecule has 0 bridgehead atoms. The fraction of sp³-hybridized carbons (Fsp3) is 0.240. The quantitative estimate of drug-likeness (QED) is 0.307. The van der Waals surface area contributed by atoms with E-state index in [0.29, 0.717) is 25.4 Å². The summed E-state index contributed by atoms with van der Waals surface area (Å²) in [7, 11) is 1.98. The first-order valence-corrected chi connectivity index (χ1v) is 10.9. The van der Waals surface area contributed by atoms with Gasteiger partial charge < -0.3 is 19.6 Å². The molecule has 0 amide bonds. The van der Waals surface area contributed by atoms with Crippen LogP contribution in [0, 0.1) is 5.82 Å². The molecule has 2 heterocycles. The highest BCUT2D eigenvalue weighted by Gasteiger charge is 2.11. The Kier molecular flexibility index (Phi) is 7.14. The van der Waals surface area contributed by atoms with Gasteiger partial charge in [0.25, 0.3) is 0 Å². The molecular weight excluding hydrogens is 419 g/mol. The molecule has 0 saturated heterocycles. The van der Waals surface area contributed by atoms with Crippen LogP contribution in [0.1, 0.15) is 18.4 Å². The molecule has 2 aromatic heterocycles. The van der Waals surface area contributed by atoms with Crippen LogP contribution < -0.4 is 5.32 Å². The molecule has 0 aliphatic heterocycles. The van der Waals surface area contributed by atoms with Crippen LogP contribution in [0.5, 0.6) is 0 Å². The molecule has 2 N–H and O–H groups in total. The van der Waals surface area contributed by atoms with Gasteiger partial charge in [0.1, 0.15) is 17.9 Å². The standard InChI is InChI=1S/C25H27FN6O/c1-3-27-25(32(2)16-23-29-15-22(31-23)18-7-5-4-6-8-18)28-14-13-21-17-33-24(30-21)19-9-11-20(26)12-10-19/h4-12,15,17H,3,13-14,16H2,1-2H3,(H,27,28)(H,29,31). The Labute approximate surface area is 192 Å². The van der Waals surface area contributed by atoms with E-state index in [-0.39, 0.29) is 5.82 Å². The lowest BCUT2D eigenvalue weighted by Gasteiger charge is -2.21. The van der Waals surface area contributed by atoms with Crippen LogP contribution in [0.3, 0.4) is 0 Å². The first-order chi connectivity index (χ1) is 16.1. The van der Waals surface area contributed by atoms with Gasteiger partial charge in [0.05, 0.1) is 24.1 Å². The van der Waals surface area contributed by atoms with Crippen LogP contribution in [-0.2, 0) is 13.0 Å². The van der Waals surface area contributed by atoms with Gasteiger partial charge in [-0.1, -0.05) is 30.3 Å². The van der Waals surface area contributed by atoms with Crippen molar-refractivity contribution >= 4 is 5.96 Å². The van der Waals surface area contributed by atoms with Crippen molar-refractivity contribution in [3.63, 3.8) is 0 Å². The Bertz CT molecular complexity index is 1180. The fourth-order valence-corrected chi connectivity index (χ4v) is 3.40. The van der Waals surface area contributed by atoms with Crippen molar-refractivity contribution in [1.29, 1.82) is 0 Å². The number of rotatable bonds is 8. The average molecular weight is 447 g/mol. The van der Waals surface area contributed by atoms with Crippen LogP contribution in [0.15, 0.2) is 76.5 Å². The van der Waals surface area contributed by atoms with E-state index in [1.165, 1.54) is 12.1 Å². The summed E-state index contributed by atoms with van der Waals surface area (Å²) >= 11 is 0. The number of halogens is 1. The Morgan fingerprint density at radius 2 is 1.91 bits per heavy atom. The topological polar surface area (TPSA) is 82.3 Å². The second kappa shape index (κ2) is 10.6. The molecule has 0 saturated carbocycles. The molecule has 0 spiro atoms. The van der Waals surface area contributed by atoms with Gasteiger partial charge in [0, 0.05) is 32.1 Å². The smallest absolute Gasteiger partial charge is 0.226 e. The van der Waals surface area contributed by atoms with E-state index < -0.39 is 0 Å². The summed E-state index contributed by atoms with van der Waals surface area (Å²) in [6.45, 7) is 3.94. The number of guanidine groups is 1. The zero-order valence-electron chi connectivity index (χ0n) is 18.8. The predicted molar refractivity (Wildman–Crippen MR) is 127 cm³/mol. The van der Waals surface area contributed by atoms with Crippen molar-refractivity contribution in [2.75, 3.05) is 20.1 Å². The van der Waals surface area contributed by atoms with E-state index in [1.807, 2.05) is 43.3 Å². The number of oxazole rings is 1. The maximum Gasteiger partial charge on any atom is 0.226 e. The van der Waals surface area contributed by atoms with Gasteiger partial charge >= 0.3 is 0 Å². The SMILES string of the molecule is CCNC(=NCCc1coc(-c2ccc(F)cc2)n1)N(C)Cc1ncc(-c2ccccc2)[nH]1. The molecule has 8 heteroatoms. The third kappa shape index (κ3) is 5.85. The van der Waals surface area contributed by atoms with Gasteiger partial charge in [0.15, 0.2) is 5.96 Å². The molecular formula is C25H27FN6O. The number of imidazole rings is 1. The minimum Gasteiger partial charge on any atom is -0.444 e. The summed E-state index contributed by atoms with van der Waals surface area (Å²) in [5.74, 6) is 1.84. The molecule has 0 atom stereocenters. The number of nitrogens with one attached hydrogen (secondary N) is 2. The van der Waals surface area contributed by atoms with E-state index in [2.05, 4.69) is 32.4 Å².